The Bertz CT molecular complexity index is 487. The van der Waals surface area contributed by atoms with Gasteiger partial charge in [0.15, 0.2) is 0 Å². The van der Waals surface area contributed by atoms with E-state index in [4.69, 9.17) is 0 Å². The Kier molecular flexibility index (Phi) is 4.73. The first kappa shape index (κ1) is 13.1. The van der Waals surface area contributed by atoms with E-state index in [0.717, 1.165) is 10.8 Å². The van der Waals surface area contributed by atoms with E-state index in [1.807, 2.05) is 13.1 Å². The molecule has 4 heteroatoms. The maximum absolute atomic E-state index is 4.23. The normalized spacial score (nSPS) is 12.3. The lowest BCUT2D eigenvalue weighted by molar-refractivity contribution is 0.657. The van der Waals surface area contributed by atoms with Crippen LogP contribution in [0.3, 0.4) is 0 Å². The van der Waals surface area contributed by atoms with Gasteiger partial charge in [-0.05, 0) is 31.2 Å². The van der Waals surface area contributed by atoms with Crippen LogP contribution in [0.4, 0.5) is 0 Å². The fourth-order valence-corrected chi connectivity index (χ4v) is 2.80. The molecule has 18 heavy (non-hydrogen) atoms. The molecule has 1 N–H and O–H groups in total. The van der Waals surface area contributed by atoms with Gasteiger partial charge in [-0.3, -0.25) is 0 Å². The summed E-state index contributed by atoms with van der Waals surface area (Å²) in [5, 5.41) is 4.38. The molecule has 0 spiro atoms. The SMILES string of the molecule is CNC(CSc1ccncn1)c1ccccc1C. The molecular weight excluding hydrogens is 242 g/mol. The smallest absolute Gasteiger partial charge is 0.116 e. The minimum absolute atomic E-state index is 0.339. The summed E-state index contributed by atoms with van der Waals surface area (Å²) in [5.41, 5.74) is 2.67. The van der Waals surface area contributed by atoms with E-state index in [2.05, 4.69) is 46.5 Å². The van der Waals surface area contributed by atoms with Gasteiger partial charge in [-0.25, -0.2) is 9.97 Å². The first-order valence-electron chi connectivity index (χ1n) is 5.93. The van der Waals surface area contributed by atoms with Gasteiger partial charge in [0, 0.05) is 18.0 Å². The van der Waals surface area contributed by atoms with Crippen LogP contribution < -0.4 is 5.32 Å². The summed E-state index contributed by atoms with van der Waals surface area (Å²) in [5.74, 6) is 0.957. The van der Waals surface area contributed by atoms with Crippen LogP contribution in [-0.4, -0.2) is 22.8 Å². The fourth-order valence-electron chi connectivity index (χ4n) is 1.84. The highest BCUT2D eigenvalue weighted by molar-refractivity contribution is 7.99. The molecule has 1 aromatic carbocycles. The zero-order chi connectivity index (χ0) is 12.8. The van der Waals surface area contributed by atoms with E-state index in [-0.39, 0.29) is 0 Å². The van der Waals surface area contributed by atoms with Crippen LogP contribution in [-0.2, 0) is 0 Å². The number of hydrogen-bond acceptors (Lipinski definition) is 4. The molecule has 0 aliphatic heterocycles. The zero-order valence-corrected chi connectivity index (χ0v) is 11.4. The van der Waals surface area contributed by atoms with Crippen molar-refractivity contribution in [1.82, 2.24) is 15.3 Å². The molecular formula is C14H17N3S. The molecule has 0 amide bonds. The Balaban J connectivity index is 2.04. The number of hydrogen-bond donors (Lipinski definition) is 1. The van der Waals surface area contributed by atoms with E-state index < -0.39 is 0 Å². The van der Waals surface area contributed by atoms with Gasteiger partial charge in [-0.2, -0.15) is 0 Å². The second-order valence-electron chi connectivity index (χ2n) is 4.06. The quantitative estimate of drug-likeness (QED) is 0.662. The topological polar surface area (TPSA) is 37.8 Å². The predicted octanol–water partition coefficient (Wildman–Crippen LogP) is 2.84. The maximum Gasteiger partial charge on any atom is 0.116 e. The third-order valence-electron chi connectivity index (χ3n) is 2.87. The van der Waals surface area contributed by atoms with Gasteiger partial charge in [0.05, 0.1) is 5.03 Å². The third kappa shape index (κ3) is 3.31. The maximum atomic E-state index is 4.23. The van der Waals surface area contributed by atoms with Crippen molar-refractivity contribution in [2.45, 2.75) is 18.0 Å². The highest BCUT2D eigenvalue weighted by Gasteiger charge is 2.11. The third-order valence-corrected chi connectivity index (χ3v) is 3.90. The second-order valence-corrected chi connectivity index (χ2v) is 5.10. The molecule has 0 radical (unpaired) electrons. The molecule has 0 saturated heterocycles. The highest BCUT2D eigenvalue weighted by Crippen LogP contribution is 2.24. The number of nitrogens with one attached hydrogen (secondary N) is 1. The zero-order valence-electron chi connectivity index (χ0n) is 10.6. The van der Waals surface area contributed by atoms with E-state index in [0.29, 0.717) is 6.04 Å². The van der Waals surface area contributed by atoms with Gasteiger partial charge in [-0.15, -0.1) is 11.8 Å². The molecule has 94 valence electrons. The van der Waals surface area contributed by atoms with Crippen LogP contribution in [0.15, 0.2) is 47.9 Å². The van der Waals surface area contributed by atoms with E-state index in [1.165, 1.54) is 11.1 Å². The van der Waals surface area contributed by atoms with Crippen molar-refractivity contribution < 1.29 is 0 Å². The largest absolute Gasteiger partial charge is 0.312 e. The van der Waals surface area contributed by atoms with Crippen molar-refractivity contribution in [3.8, 4) is 0 Å². The Morgan fingerprint density at radius 2 is 2.11 bits per heavy atom. The fraction of sp³-hybridized carbons (Fsp3) is 0.286. The molecule has 1 heterocycles. The lowest BCUT2D eigenvalue weighted by Crippen LogP contribution is -2.19. The molecule has 1 aromatic heterocycles. The van der Waals surface area contributed by atoms with Crippen LogP contribution in [0.5, 0.6) is 0 Å². The first-order valence-corrected chi connectivity index (χ1v) is 6.91. The molecule has 1 atom stereocenters. The Labute approximate surface area is 112 Å². The second kappa shape index (κ2) is 6.52. The summed E-state index contributed by atoms with van der Waals surface area (Å²) >= 11 is 1.74. The molecule has 1 unspecified atom stereocenters. The molecule has 0 aliphatic rings. The standard InChI is InChI=1S/C14H17N3S/c1-11-5-3-4-6-12(11)13(15-2)9-18-14-7-8-16-10-17-14/h3-8,10,13,15H,9H2,1-2H3. The summed E-state index contributed by atoms with van der Waals surface area (Å²) in [6, 6.07) is 10.8. The molecule has 0 aliphatic carbocycles. The van der Waals surface area contributed by atoms with Crippen molar-refractivity contribution in [3.63, 3.8) is 0 Å². The Morgan fingerprint density at radius 1 is 1.28 bits per heavy atom. The van der Waals surface area contributed by atoms with E-state index in [9.17, 15) is 0 Å². The number of benzene rings is 1. The number of rotatable bonds is 5. The molecule has 0 fully saturated rings. The van der Waals surface area contributed by atoms with Gasteiger partial charge in [0.1, 0.15) is 6.33 Å². The average molecular weight is 259 g/mol. The van der Waals surface area contributed by atoms with Crippen molar-refractivity contribution in [2.75, 3.05) is 12.8 Å². The van der Waals surface area contributed by atoms with Gasteiger partial charge >= 0.3 is 0 Å². The van der Waals surface area contributed by atoms with Crippen molar-refractivity contribution in [1.29, 1.82) is 0 Å². The molecule has 0 saturated carbocycles. The minimum atomic E-state index is 0.339. The predicted molar refractivity (Wildman–Crippen MR) is 75.7 cm³/mol. The highest BCUT2D eigenvalue weighted by atomic mass is 32.2. The molecule has 2 aromatic rings. The van der Waals surface area contributed by atoms with Crippen LogP contribution in [0.2, 0.25) is 0 Å². The Hall–Kier alpha value is -1.39. The van der Waals surface area contributed by atoms with Gasteiger partial charge in [0.2, 0.25) is 0 Å². The number of aromatic nitrogens is 2. The first-order chi connectivity index (χ1) is 8.81. The molecule has 0 bridgehead atoms. The van der Waals surface area contributed by atoms with Gasteiger partial charge in [-0.1, -0.05) is 24.3 Å². The van der Waals surface area contributed by atoms with Crippen LogP contribution >= 0.6 is 11.8 Å². The lowest BCUT2D eigenvalue weighted by Gasteiger charge is -2.18. The van der Waals surface area contributed by atoms with Crippen LogP contribution in [0.25, 0.3) is 0 Å². The van der Waals surface area contributed by atoms with Gasteiger partial charge in [0.25, 0.3) is 0 Å². The Morgan fingerprint density at radius 3 is 2.78 bits per heavy atom. The molecule has 2 rings (SSSR count). The van der Waals surface area contributed by atoms with Crippen LogP contribution in [0, 0.1) is 6.92 Å². The summed E-state index contributed by atoms with van der Waals surface area (Å²) < 4.78 is 0. The van der Waals surface area contributed by atoms with Gasteiger partial charge < -0.3 is 5.32 Å². The van der Waals surface area contributed by atoms with E-state index in [1.54, 1.807) is 24.3 Å². The van der Waals surface area contributed by atoms with Crippen LogP contribution in [0.1, 0.15) is 17.2 Å². The lowest BCUT2D eigenvalue weighted by atomic mass is 10.0. The summed E-state index contributed by atoms with van der Waals surface area (Å²) in [6.45, 7) is 2.15. The number of thioether (sulfide) groups is 1. The molecule has 3 nitrogen and oxygen atoms in total. The monoisotopic (exact) mass is 259 g/mol. The summed E-state index contributed by atoms with van der Waals surface area (Å²) in [4.78, 5) is 8.15. The van der Waals surface area contributed by atoms with Crippen molar-refractivity contribution in [2.24, 2.45) is 0 Å². The number of nitrogens with zero attached hydrogens (tertiary/aromatic N) is 2. The van der Waals surface area contributed by atoms with Crippen molar-refractivity contribution in [3.05, 3.63) is 54.0 Å². The van der Waals surface area contributed by atoms with Crippen molar-refractivity contribution >= 4 is 11.8 Å². The van der Waals surface area contributed by atoms with E-state index >= 15 is 0 Å². The average Bonchev–Trinajstić information content (AvgIpc) is 2.42. The summed E-state index contributed by atoms with van der Waals surface area (Å²) in [7, 11) is 2.00. The minimum Gasteiger partial charge on any atom is -0.312 e. The summed E-state index contributed by atoms with van der Waals surface area (Å²) in [6.07, 6.45) is 3.36. The number of aryl methyl sites for hydroxylation is 1.